The second kappa shape index (κ2) is 7.42. The van der Waals surface area contributed by atoms with E-state index >= 15 is 0 Å². The van der Waals surface area contributed by atoms with Gasteiger partial charge >= 0.3 is 0 Å². The maximum absolute atomic E-state index is 3.91. The molecule has 2 heteroatoms. The molecule has 76 valence electrons. The van der Waals surface area contributed by atoms with Crippen molar-refractivity contribution in [3.05, 3.63) is 60.8 Å². The molecule has 0 saturated carbocycles. The van der Waals surface area contributed by atoms with Gasteiger partial charge in [-0.15, -0.1) is 0 Å². The molecule has 0 spiro atoms. The van der Waals surface area contributed by atoms with Crippen molar-refractivity contribution < 1.29 is 0 Å². The van der Waals surface area contributed by atoms with Crippen LogP contribution in [0.25, 0.3) is 0 Å². The molecule has 0 aliphatic rings. The van der Waals surface area contributed by atoms with Crippen LogP contribution >= 0.6 is 12.8 Å². The number of allylic oxidation sites excluding steroid dienone is 6. The molecule has 0 radical (unpaired) electrons. The minimum Gasteiger partial charge on any atom is -0.263 e. The Kier molecular flexibility index (Phi) is 6.89. The van der Waals surface area contributed by atoms with Crippen molar-refractivity contribution in [1.29, 1.82) is 0 Å². The van der Waals surface area contributed by atoms with E-state index in [1.807, 2.05) is 19.1 Å². The monoisotopic (exact) mass is 207 g/mol. The van der Waals surface area contributed by atoms with Gasteiger partial charge in [-0.2, -0.15) is 0 Å². The topological polar surface area (TPSA) is 12.0 Å². The van der Waals surface area contributed by atoms with Crippen molar-refractivity contribution in [2.24, 2.45) is 0 Å². The Morgan fingerprint density at radius 3 is 2.50 bits per heavy atom. The molecule has 0 atom stereocenters. The molecule has 0 aromatic carbocycles. The minimum absolute atomic E-state index is 0.716. The largest absolute Gasteiger partial charge is 0.263 e. The number of hydrogen-bond donors (Lipinski definition) is 2. The van der Waals surface area contributed by atoms with Crippen LogP contribution in [0.3, 0.4) is 0 Å². The summed E-state index contributed by atoms with van der Waals surface area (Å²) < 4.78 is 2.76. The van der Waals surface area contributed by atoms with Crippen LogP contribution in [0.2, 0.25) is 0 Å². The summed E-state index contributed by atoms with van der Waals surface area (Å²) >= 11 is 3.91. The van der Waals surface area contributed by atoms with Gasteiger partial charge in [0, 0.05) is 6.54 Å². The fourth-order valence-electron chi connectivity index (χ4n) is 1.03. The summed E-state index contributed by atoms with van der Waals surface area (Å²) in [5.41, 5.74) is 3.09. The highest BCUT2D eigenvalue weighted by Crippen LogP contribution is 2.18. The number of thiol groups is 1. The van der Waals surface area contributed by atoms with Crippen molar-refractivity contribution in [3.63, 3.8) is 0 Å². The standard InChI is InChI=1S/C12H17NS/c1-5-7-12(10(3)6-2)11(4)8-9-13-14/h5-8,13-14H,1-3,9H2,4H3/b11-8-,12-7-. The summed E-state index contributed by atoms with van der Waals surface area (Å²) in [7, 11) is 0. The van der Waals surface area contributed by atoms with Crippen LogP contribution in [0.15, 0.2) is 60.8 Å². The lowest BCUT2D eigenvalue weighted by Gasteiger charge is -2.07. The molecule has 0 fully saturated rings. The average molecular weight is 207 g/mol. The van der Waals surface area contributed by atoms with Crippen LogP contribution in [0.4, 0.5) is 0 Å². The normalized spacial score (nSPS) is 12.4. The lowest BCUT2D eigenvalue weighted by Crippen LogP contribution is -1.99. The third-order valence-electron chi connectivity index (χ3n) is 1.80. The molecule has 1 N–H and O–H groups in total. The van der Waals surface area contributed by atoms with Crippen LogP contribution in [0.5, 0.6) is 0 Å². The average Bonchev–Trinajstić information content (AvgIpc) is 2.21. The zero-order chi connectivity index (χ0) is 11.0. The lowest BCUT2D eigenvalue weighted by atomic mass is 9.99. The third kappa shape index (κ3) is 4.30. The smallest absolute Gasteiger partial charge is 0.0243 e. The van der Waals surface area contributed by atoms with Crippen molar-refractivity contribution in [3.8, 4) is 0 Å². The Labute approximate surface area is 92.1 Å². The molecule has 0 aliphatic carbocycles. The maximum atomic E-state index is 3.91. The van der Waals surface area contributed by atoms with E-state index in [9.17, 15) is 0 Å². The summed E-state index contributed by atoms with van der Waals surface area (Å²) in [5.74, 6) is 0. The molecule has 0 heterocycles. The van der Waals surface area contributed by atoms with E-state index in [0.29, 0.717) is 6.54 Å². The Bertz CT molecular complexity index is 285. The van der Waals surface area contributed by atoms with Crippen LogP contribution in [0.1, 0.15) is 6.92 Å². The van der Waals surface area contributed by atoms with Gasteiger partial charge in [-0.25, -0.2) is 0 Å². The Morgan fingerprint density at radius 2 is 2.07 bits per heavy atom. The maximum Gasteiger partial charge on any atom is 0.0243 e. The SMILES string of the molecule is C=C/C=C(C(=C)C=C)\C(C)=C/CNS. The molecule has 0 rings (SSSR count). The highest BCUT2D eigenvalue weighted by Gasteiger charge is 2.00. The molecule has 0 unspecified atom stereocenters. The van der Waals surface area contributed by atoms with E-state index < -0.39 is 0 Å². The molecule has 0 amide bonds. The first kappa shape index (κ1) is 13.0. The van der Waals surface area contributed by atoms with Crippen LogP contribution < -0.4 is 4.72 Å². The van der Waals surface area contributed by atoms with Gasteiger partial charge in [0.2, 0.25) is 0 Å². The molecule has 0 bridgehead atoms. The fourth-order valence-corrected chi connectivity index (χ4v) is 1.12. The number of nitrogens with one attached hydrogen (secondary N) is 1. The van der Waals surface area contributed by atoms with Gasteiger partial charge in [0.25, 0.3) is 0 Å². The van der Waals surface area contributed by atoms with Crippen molar-refractivity contribution in [1.82, 2.24) is 4.72 Å². The molecule has 14 heavy (non-hydrogen) atoms. The number of rotatable bonds is 6. The first-order valence-corrected chi connectivity index (χ1v) is 4.80. The van der Waals surface area contributed by atoms with Gasteiger partial charge in [0.1, 0.15) is 0 Å². The predicted octanol–water partition coefficient (Wildman–Crippen LogP) is 3.22. The zero-order valence-electron chi connectivity index (χ0n) is 8.59. The predicted molar refractivity (Wildman–Crippen MR) is 68.4 cm³/mol. The Hall–Kier alpha value is -0.990. The van der Waals surface area contributed by atoms with Gasteiger partial charge in [-0.1, -0.05) is 56.9 Å². The zero-order valence-corrected chi connectivity index (χ0v) is 9.48. The molecule has 1 nitrogen and oxygen atoms in total. The lowest BCUT2D eigenvalue weighted by molar-refractivity contribution is 1.12. The van der Waals surface area contributed by atoms with E-state index in [0.717, 1.165) is 16.7 Å². The summed E-state index contributed by atoms with van der Waals surface area (Å²) in [4.78, 5) is 0. The molecule has 0 saturated heterocycles. The molecule has 0 aliphatic heterocycles. The van der Waals surface area contributed by atoms with Gasteiger partial charge in [0.15, 0.2) is 0 Å². The van der Waals surface area contributed by atoms with E-state index in [1.165, 1.54) is 0 Å². The molecule has 0 aromatic rings. The summed E-state index contributed by atoms with van der Waals surface area (Å²) in [6.45, 7) is 14.0. The quantitative estimate of drug-likeness (QED) is 0.503. The molecule has 0 aromatic heterocycles. The van der Waals surface area contributed by atoms with Gasteiger partial charge in [0.05, 0.1) is 0 Å². The highest BCUT2D eigenvalue weighted by molar-refractivity contribution is 7.78. The second-order valence-corrected chi connectivity index (χ2v) is 3.11. The Morgan fingerprint density at radius 1 is 1.43 bits per heavy atom. The van der Waals surface area contributed by atoms with E-state index in [2.05, 4.69) is 37.3 Å². The first-order valence-electron chi connectivity index (χ1n) is 4.35. The van der Waals surface area contributed by atoms with E-state index in [-0.39, 0.29) is 0 Å². The van der Waals surface area contributed by atoms with Crippen molar-refractivity contribution in [2.75, 3.05) is 6.54 Å². The van der Waals surface area contributed by atoms with Crippen LogP contribution in [-0.2, 0) is 0 Å². The Balaban J connectivity index is 4.83. The van der Waals surface area contributed by atoms with E-state index in [4.69, 9.17) is 0 Å². The second-order valence-electron chi connectivity index (χ2n) is 2.79. The number of hydrogen-bond acceptors (Lipinski definition) is 2. The van der Waals surface area contributed by atoms with Crippen LogP contribution in [-0.4, -0.2) is 6.54 Å². The van der Waals surface area contributed by atoms with E-state index in [1.54, 1.807) is 12.2 Å². The summed E-state index contributed by atoms with van der Waals surface area (Å²) in [5, 5.41) is 0. The molecular formula is C12H17NS. The first-order chi connectivity index (χ1) is 6.67. The van der Waals surface area contributed by atoms with Gasteiger partial charge in [-0.3, -0.25) is 4.72 Å². The van der Waals surface area contributed by atoms with Crippen molar-refractivity contribution >= 4 is 12.8 Å². The summed E-state index contributed by atoms with van der Waals surface area (Å²) in [6.07, 6.45) is 7.45. The van der Waals surface area contributed by atoms with Gasteiger partial charge in [-0.05, 0) is 23.6 Å². The third-order valence-corrected chi connectivity index (χ3v) is 1.98. The minimum atomic E-state index is 0.716. The summed E-state index contributed by atoms with van der Waals surface area (Å²) in [6, 6.07) is 0. The highest BCUT2D eigenvalue weighted by atomic mass is 32.1. The fraction of sp³-hybridized carbons (Fsp3) is 0.167. The van der Waals surface area contributed by atoms with Crippen LogP contribution in [0, 0.1) is 0 Å². The molecular weight excluding hydrogens is 190 g/mol. The van der Waals surface area contributed by atoms with Crippen molar-refractivity contribution in [2.45, 2.75) is 6.92 Å². The van der Waals surface area contributed by atoms with Gasteiger partial charge < -0.3 is 0 Å².